The van der Waals surface area contributed by atoms with Gasteiger partial charge < -0.3 is 24.6 Å². The normalized spacial score (nSPS) is 11.8. The van der Waals surface area contributed by atoms with Crippen LogP contribution < -0.4 is 14.8 Å². The second-order valence-corrected chi connectivity index (χ2v) is 12.6. The molecule has 0 saturated carbocycles. The number of hydrogen-bond acceptors (Lipinski definition) is 9. The molecule has 0 aliphatic carbocycles. The van der Waals surface area contributed by atoms with Gasteiger partial charge >= 0.3 is 0 Å². The number of halogens is 2. The van der Waals surface area contributed by atoms with Crippen molar-refractivity contribution in [2.45, 2.75) is 38.6 Å². The molecule has 0 amide bonds. The Bertz CT molecular complexity index is 1310. The van der Waals surface area contributed by atoms with Crippen LogP contribution in [0.1, 0.15) is 29.7 Å². The first-order chi connectivity index (χ1) is 20.7. The van der Waals surface area contributed by atoms with Gasteiger partial charge in [-0.2, -0.15) is 5.11 Å². The van der Waals surface area contributed by atoms with Gasteiger partial charge in [-0.05, 0) is 128 Å². The van der Waals surface area contributed by atoms with Gasteiger partial charge in [-0.3, -0.25) is 4.68 Å². The van der Waals surface area contributed by atoms with E-state index in [1.54, 1.807) is 0 Å². The molecular weight excluding hydrogens is 676 g/mol. The number of hydrogen-bond donors (Lipinski definition) is 2. The third kappa shape index (κ3) is 13.2. The van der Waals surface area contributed by atoms with Crippen LogP contribution in [0, 0.1) is 5.53 Å². The molecule has 0 unspecified atom stereocenters. The van der Waals surface area contributed by atoms with E-state index in [0.29, 0.717) is 19.6 Å². The summed E-state index contributed by atoms with van der Waals surface area (Å²) in [5.41, 5.74) is 11.6. The van der Waals surface area contributed by atoms with Gasteiger partial charge in [0, 0.05) is 38.6 Å². The lowest BCUT2D eigenvalue weighted by Crippen LogP contribution is -2.19. The van der Waals surface area contributed by atoms with Crippen LogP contribution in [0.4, 0.5) is 0 Å². The maximum atomic E-state index is 7.54. The van der Waals surface area contributed by atoms with Crippen LogP contribution in [-0.4, -0.2) is 85.8 Å². The standard InChI is InChI=1S/C31H44Br2N8O2/c1-39(2)16-18-42-30-10-8-24(20-28(30)32)12-14-35-22-26(36-34)6-5-7-27-23-41(38-37-27)15-13-25-9-11-31(29(33)21-25)43-19-17-40(3)4/h8-11,20-23,34-35H,5-7,12-19H2,1-4H3/b26-22-,36-34?. The molecule has 0 aliphatic rings. The van der Waals surface area contributed by atoms with Crippen molar-refractivity contribution in [3.05, 3.63) is 80.3 Å². The summed E-state index contributed by atoms with van der Waals surface area (Å²) in [6, 6.07) is 12.4. The summed E-state index contributed by atoms with van der Waals surface area (Å²) in [5.74, 6) is 1.71. The Balaban J connectivity index is 1.35. The Morgan fingerprint density at radius 2 is 1.53 bits per heavy atom. The molecule has 0 saturated heterocycles. The number of aryl methyl sites for hydroxylation is 3. The highest BCUT2D eigenvalue weighted by Gasteiger charge is 2.07. The van der Waals surface area contributed by atoms with E-state index in [9.17, 15) is 0 Å². The molecule has 1 heterocycles. The molecule has 0 radical (unpaired) electrons. The molecule has 3 rings (SSSR count). The predicted molar refractivity (Wildman–Crippen MR) is 178 cm³/mol. The SMILES string of the molecule is CN(C)CCOc1ccc(CCN/C=C(/CCCc2cn(CCc3ccc(OCCN(C)C)c(Br)c3)nn2)N=N)cc1Br. The lowest BCUT2D eigenvalue weighted by atomic mass is 10.1. The number of aromatic nitrogens is 3. The third-order valence-electron chi connectivity index (χ3n) is 6.64. The van der Waals surface area contributed by atoms with E-state index in [1.165, 1.54) is 11.1 Å². The van der Waals surface area contributed by atoms with E-state index >= 15 is 0 Å². The van der Waals surface area contributed by atoms with Crippen molar-refractivity contribution in [2.75, 3.05) is 61.0 Å². The molecular formula is C31H44Br2N8O2. The van der Waals surface area contributed by atoms with E-state index in [2.05, 4.69) is 86.7 Å². The number of rotatable bonds is 20. The van der Waals surface area contributed by atoms with Crippen molar-refractivity contribution in [3.63, 3.8) is 0 Å². The first kappa shape index (κ1) is 34.7. The highest BCUT2D eigenvalue weighted by atomic mass is 79.9. The number of allylic oxidation sites excluding steroid dienone is 1. The van der Waals surface area contributed by atoms with Crippen LogP contribution in [0.5, 0.6) is 11.5 Å². The van der Waals surface area contributed by atoms with E-state index < -0.39 is 0 Å². The molecule has 0 fully saturated rings. The minimum absolute atomic E-state index is 0.650. The smallest absolute Gasteiger partial charge is 0.133 e. The minimum Gasteiger partial charge on any atom is -0.491 e. The number of benzene rings is 2. The molecule has 234 valence electrons. The van der Waals surface area contributed by atoms with Crippen molar-refractivity contribution in [1.29, 1.82) is 5.53 Å². The molecule has 12 heteroatoms. The molecule has 0 spiro atoms. The monoisotopic (exact) mass is 718 g/mol. The van der Waals surface area contributed by atoms with Gasteiger partial charge in [-0.15, -0.1) is 5.10 Å². The van der Waals surface area contributed by atoms with Gasteiger partial charge in [-0.1, -0.05) is 17.3 Å². The fourth-order valence-corrected chi connectivity index (χ4v) is 5.21. The van der Waals surface area contributed by atoms with Gasteiger partial charge in [0.1, 0.15) is 24.7 Å². The van der Waals surface area contributed by atoms with Crippen LogP contribution in [0.25, 0.3) is 0 Å². The van der Waals surface area contributed by atoms with E-state index in [4.69, 9.17) is 15.0 Å². The first-order valence-corrected chi connectivity index (χ1v) is 16.1. The lowest BCUT2D eigenvalue weighted by molar-refractivity contribution is 0.260. The highest BCUT2D eigenvalue weighted by molar-refractivity contribution is 9.10. The molecule has 2 aromatic carbocycles. The summed E-state index contributed by atoms with van der Waals surface area (Å²) in [4.78, 5) is 4.19. The molecule has 0 aliphatic heterocycles. The number of ether oxygens (including phenoxy) is 2. The summed E-state index contributed by atoms with van der Waals surface area (Å²) in [5, 5.41) is 15.6. The second-order valence-electron chi connectivity index (χ2n) is 10.9. The summed E-state index contributed by atoms with van der Waals surface area (Å²) >= 11 is 7.24. The second kappa shape index (κ2) is 18.8. The van der Waals surface area contributed by atoms with Gasteiger partial charge in [0.15, 0.2) is 0 Å². The summed E-state index contributed by atoms with van der Waals surface area (Å²) in [6.07, 6.45) is 7.88. The quantitative estimate of drug-likeness (QED) is 0.110. The molecule has 1 aromatic heterocycles. The molecule has 3 aromatic rings. The molecule has 2 N–H and O–H groups in total. The Hall–Kier alpha value is -2.80. The zero-order valence-electron chi connectivity index (χ0n) is 25.7. The first-order valence-electron chi connectivity index (χ1n) is 14.5. The van der Waals surface area contributed by atoms with E-state index in [0.717, 1.165) is 83.7 Å². The van der Waals surface area contributed by atoms with Crippen molar-refractivity contribution >= 4 is 31.9 Å². The van der Waals surface area contributed by atoms with Gasteiger partial charge in [0.05, 0.1) is 20.3 Å². The van der Waals surface area contributed by atoms with E-state index in [1.807, 2.05) is 57.4 Å². The number of nitrogens with zero attached hydrogens (tertiary/aromatic N) is 6. The van der Waals surface area contributed by atoms with Crippen molar-refractivity contribution in [3.8, 4) is 11.5 Å². The average Bonchev–Trinajstić information content (AvgIpc) is 3.42. The van der Waals surface area contributed by atoms with Crippen LogP contribution in [0.2, 0.25) is 0 Å². The van der Waals surface area contributed by atoms with E-state index in [-0.39, 0.29) is 0 Å². The maximum Gasteiger partial charge on any atom is 0.133 e. The van der Waals surface area contributed by atoms with Gasteiger partial charge in [-0.25, -0.2) is 5.53 Å². The number of likely N-dealkylation sites (N-methyl/N-ethyl adjacent to an activating group) is 2. The van der Waals surface area contributed by atoms with Crippen LogP contribution in [-0.2, 0) is 25.8 Å². The Morgan fingerprint density at radius 1 is 0.930 bits per heavy atom. The summed E-state index contributed by atoms with van der Waals surface area (Å²) in [7, 11) is 8.12. The topological polar surface area (TPSA) is 104 Å². The van der Waals surface area contributed by atoms with Crippen molar-refractivity contribution in [1.82, 2.24) is 30.1 Å². The Labute approximate surface area is 272 Å². The molecule has 0 atom stereocenters. The number of nitrogens with one attached hydrogen (secondary N) is 2. The minimum atomic E-state index is 0.650. The van der Waals surface area contributed by atoms with Gasteiger partial charge in [0.25, 0.3) is 0 Å². The van der Waals surface area contributed by atoms with Crippen molar-refractivity contribution < 1.29 is 9.47 Å². The van der Waals surface area contributed by atoms with Crippen molar-refractivity contribution in [2.24, 2.45) is 5.11 Å². The van der Waals surface area contributed by atoms with Crippen LogP contribution >= 0.6 is 31.9 Å². The summed E-state index contributed by atoms with van der Waals surface area (Å²) < 4.78 is 15.5. The fraction of sp³-hybridized carbons (Fsp3) is 0.484. The predicted octanol–water partition coefficient (Wildman–Crippen LogP) is 5.95. The van der Waals surface area contributed by atoms with Crippen LogP contribution in [0.3, 0.4) is 0 Å². The lowest BCUT2D eigenvalue weighted by Gasteiger charge is -2.13. The fourth-order valence-electron chi connectivity index (χ4n) is 4.13. The molecule has 43 heavy (non-hydrogen) atoms. The highest BCUT2D eigenvalue weighted by Crippen LogP contribution is 2.27. The zero-order chi connectivity index (χ0) is 31.0. The molecule has 10 nitrogen and oxygen atoms in total. The zero-order valence-corrected chi connectivity index (χ0v) is 28.8. The van der Waals surface area contributed by atoms with Crippen LogP contribution in [0.15, 0.2) is 68.6 Å². The van der Waals surface area contributed by atoms with Gasteiger partial charge in [0.2, 0.25) is 0 Å². The average molecular weight is 721 g/mol. The Kier molecular flexibility index (Phi) is 15.1. The summed E-state index contributed by atoms with van der Waals surface area (Å²) in [6.45, 7) is 4.55. The molecule has 0 bridgehead atoms. The largest absolute Gasteiger partial charge is 0.491 e. The third-order valence-corrected chi connectivity index (χ3v) is 7.88. The Morgan fingerprint density at radius 3 is 2.09 bits per heavy atom. The maximum absolute atomic E-state index is 7.54.